The second-order valence-electron chi connectivity index (χ2n) is 6.84. The van der Waals surface area contributed by atoms with Gasteiger partial charge in [-0.25, -0.2) is 0 Å². The minimum absolute atomic E-state index is 0.414. The quantitative estimate of drug-likeness (QED) is 0.915. The third-order valence-electron chi connectivity index (χ3n) is 4.59. The highest BCUT2D eigenvalue weighted by atomic mass is 35.5. The number of aliphatic hydroxyl groups excluding tert-OH is 1. The molecule has 2 aliphatic heterocycles. The van der Waals surface area contributed by atoms with Crippen LogP contribution < -0.4 is 0 Å². The summed E-state index contributed by atoms with van der Waals surface area (Å²) in [5.41, 5.74) is 0.812. The lowest BCUT2D eigenvalue weighted by Gasteiger charge is -2.32. The number of aliphatic hydroxyl groups is 1. The van der Waals surface area contributed by atoms with Crippen molar-refractivity contribution in [3.05, 3.63) is 34.3 Å². The Kier molecular flexibility index (Phi) is 4.24. The average Bonchev–Trinajstić information content (AvgIpc) is 2.86. The van der Waals surface area contributed by atoms with E-state index in [0.717, 1.165) is 5.56 Å². The van der Waals surface area contributed by atoms with E-state index in [0.29, 0.717) is 10.6 Å². The van der Waals surface area contributed by atoms with Gasteiger partial charge in [-0.1, -0.05) is 23.7 Å². The summed E-state index contributed by atoms with van der Waals surface area (Å²) >= 11 is 6.18. The van der Waals surface area contributed by atoms with Crippen LogP contribution in [0.25, 0.3) is 0 Å². The van der Waals surface area contributed by atoms with Crippen LogP contribution in [-0.2, 0) is 18.9 Å². The summed E-state index contributed by atoms with van der Waals surface area (Å²) in [6, 6.07) is 5.47. The summed E-state index contributed by atoms with van der Waals surface area (Å²) in [6.07, 6.45) is -2.54. The van der Waals surface area contributed by atoms with Crippen LogP contribution >= 0.6 is 11.6 Å². The maximum atomic E-state index is 10.9. The molecule has 5 atom stereocenters. The summed E-state index contributed by atoms with van der Waals surface area (Å²) in [4.78, 5) is 0. The van der Waals surface area contributed by atoms with Crippen molar-refractivity contribution in [1.29, 1.82) is 0 Å². The second-order valence-corrected chi connectivity index (χ2v) is 7.25. The van der Waals surface area contributed by atoms with Crippen molar-refractivity contribution in [2.45, 2.75) is 63.7 Å². The molecule has 3 rings (SSSR count). The molecular formula is C17H23ClO5. The molecule has 0 aliphatic carbocycles. The van der Waals surface area contributed by atoms with E-state index in [4.69, 9.17) is 30.5 Å². The molecular weight excluding hydrogens is 320 g/mol. The Hall–Kier alpha value is -0.690. The van der Waals surface area contributed by atoms with E-state index < -0.39 is 36.0 Å². The van der Waals surface area contributed by atoms with Gasteiger partial charge in [0, 0.05) is 12.1 Å². The Morgan fingerprint density at radius 1 is 1.30 bits per heavy atom. The minimum Gasteiger partial charge on any atom is -0.386 e. The van der Waals surface area contributed by atoms with E-state index in [1.807, 2.05) is 39.8 Å². The Morgan fingerprint density at radius 3 is 2.61 bits per heavy atom. The Bertz CT molecular complexity index is 605. The average molecular weight is 343 g/mol. The lowest BCUT2D eigenvalue weighted by molar-refractivity contribution is -0.246. The summed E-state index contributed by atoms with van der Waals surface area (Å²) in [5.74, 6) is -0.761. The Labute approximate surface area is 141 Å². The topological polar surface area (TPSA) is 57.2 Å². The lowest BCUT2D eigenvalue weighted by atomic mass is 9.88. The third-order valence-corrected chi connectivity index (χ3v) is 5.00. The first kappa shape index (κ1) is 17.1. The fourth-order valence-electron chi connectivity index (χ4n) is 3.47. The predicted molar refractivity (Wildman–Crippen MR) is 85.3 cm³/mol. The fourth-order valence-corrected chi connectivity index (χ4v) is 3.66. The molecule has 0 aromatic heterocycles. The highest BCUT2D eigenvalue weighted by Gasteiger charge is 2.65. The van der Waals surface area contributed by atoms with Gasteiger partial charge in [-0.2, -0.15) is 0 Å². The Balaban J connectivity index is 1.93. The summed E-state index contributed by atoms with van der Waals surface area (Å²) in [6.45, 7) is 7.49. The zero-order valence-corrected chi connectivity index (χ0v) is 14.8. The van der Waals surface area contributed by atoms with Gasteiger partial charge in [0.1, 0.15) is 23.9 Å². The zero-order chi connectivity index (χ0) is 17.0. The number of hydrogen-bond donors (Lipinski definition) is 1. The van der Waals surface area contributed by atoms with E-state index in [1.54, 1.807) is 13.2 Å². The van der Waals surface area contributed by atoms with Crippen LogP contribution in [0, 0.1) is 6.92 Å². The van der Waals surface area contributed by atoms with Crippen LogP contribution in [0.15, 0.2) is 18.2 Å². The van der Waals surface area contributed by atoms with Gasteiger partial charge in [-0.15, -0.1) is 0 Å². The van der Waals surface area contributed by atoms with Gasteiger partial charge in [-0.05, 0) is 44.9 Å². The number of ether oxygens (including phenoxy) is 4. The molecule has 2 heterocycles. The van der Waals surface area contributed by atoms with E-state index in [1.165, 1.54) is 0 Å². The van der Waals surface area contributed by atoms with E-state index in [2.05, 4.69) is 0 Å². The number of halogens is 1. The van der Waals surface area contributed by atoms with Crippen LogP contribution in [-0.4, -0.2) is 42.1 Å². The van der Waals surface area contributed by atoms with Crippen molar-refractivity contribution < 1.29 is 24.1 Å². The number of methoxy groups -OCH3 is 1. The second kappa shape index (κ2) is 5.69. The standard InChI is InChI=1S/C17H23ClO5/c1-9-6-7-10(8-11(9)18)12(19)13-17(4)14(15(20-5)21-13)22-16(2,3)23-17/h6-8,12-15,19H,1-5H3/t12-,13-,14+,15-,17-/m1/s1. The highest BCUT2D eigenvalue weighted by molar-refractivity contribution is 6.31. The monoisotopic (exact) mass is 342 g/mol. The molecule has 2 aliphatic rings. The number of fused-ring (bicyclic) bond motifs is 1. The van der Waals surface area contributed by atoms with E-state index in [9.17, 15) is 5.11 Å². The normalized spacial score (nSPS) is 36.9. The largest absolute Gasteiger partial charge is 0.386 e. The molecule has 0 bridgehead atoms. The van der Waals surface area contributed by atoms with Gasteiger partial charge in [0.25, 0.3) is 0 Å². The van der Waals surface area contributed by atoms with Crippen LogP contribution in [0.5, 0.6) is 0 Å². The van der Waals surface area contributed by atoms with Crippen LogP contribution in [0.2, 0.25) is 5.02 Å². The van der Waals surface area contributed by atoms with Crippen molar-refractivity contribution >= 4 is 11.6 Å². The summed E-state index contributed by atoms with van der Waals surface area (Å²) in [7, 11) is 1.55. The summed E-state index contributed by atoms with van der Waals surface area (Å²) < 4.78 is 23.3. The molecule has 0 radical (unpaired) electrons. The van der Waals surface area contributed by atoms with Crippen LogP contribution in [0.4, 0.5) is 0 Å². The molecule has 2 fully saturated rings. The van der Waals surface area contributed by atoms with Gasteiger partial charge in [0.2, 0.25) is 0 Å². The van der Waals surface area contributed by atoms with Gasteiger partial charge in [0.15, 0.2) is 12.1 Å². The SMILES string of the molecule is CO[C@@H]1O[C@H]([C@H](O)c2ccc(C)c(Cl)c2)[C@@]2(C)OC(C)(C)O[C@@H]12. The summed E-state index contributed by atoms with van der Waals surface area (Å²) in [5, 5.41) is 11.5. The van der Waals surface area contributed by atoms with E-state index in [-0.39, 0.29) is 0 Å². The minimum atomic E-state index is -0.904. The number of hydrogen-bond acceptors (Lipinski definition) is 5. The van der Waals surface area contributed by atoms with Crippen molar-refractivity contribution in [2.75, 3.05) is 7.11 Å². The van der Waals surface area contributed by atoms with Crippen molar-refractivity contribution in [2.24, 2.45) is 0 Å². The first-order chi connectivity index (χ1) is 10.7. The molecule has 128 valence electrons. The number of rotatable bonds is 3. The first-order valence-corrected chi connectivity index (χ1v) is 8.06. The van der Waals surface area contributed by atoms with Crippen LogP contribution in [0.3, 0.4) is 0 Å². The molecule has 2 saturated heterocycles. The maximum absolute atomic E-state index is 10.9. The van der Waals surface area contributed by atoms with Gasteiger partial charge >= 0.3 is 0 Å². The van der Waals surface area contributed by atoms with Crippen molar-refractivity contribution in [3.8, 4) is 0 Å². The van der Waals surface area contributed by atoms with Crippen molar-refractivity contribution in [3.63, 3.8) is 0 Å². The smallest absolute Gasteiger partial charge is 0.187 e. The van der Waals surface area contributed by atoms with E-state index >= 15 is 0 Å². The lowest BCUT2D eigenvalue weighted by Crippen LogP contribution is -2.46. The maximum Gasteiger partial charge on any atom is 0.187 e. The highest BCUT2D eigenvalue weighted by Crippen LogP contribution is 2.50. The number of benzene rings is 1. The first-order valence-electron chi connectivity index (χ1n) is 7.68. The molecule has 6 heteroatoms. The molecule has 1 aromatic rings. The molecule has 1 aromatic carbocycles. The molecule has 1 N–H and O–H groups in total. The third kappa shape index (κ3) is 2.80. The molecule has 5 nitrogen and oxygen atoms in total. The fraction of sp³-hybridized carbons (Fsp3) is 0.647. The molecule has 0 spiro atoms. The number of aryl methyl sites for hydroxylation is 1. The van der Waals surface area contributed by atoms with Gasteiger partial charge < -0.3 is 24.1 Å². The Morgan fingerprint density at radius 2 is 2.00 bits per heavy atom. The molecule has 0 saturated carbocycles. The molecule has 0 amide bonds. The van der Waals surface area contributed by atoms with Gasteiger partial charge in [0.05, 0.1) is 0 Å². The zero-order valence-electron chi connectivity index (χ0n) is 14.0. The molecule has 23 heavy (non-hydrogen) atoms. The van der Waals surface area contributed by atoms with Crippen LogP contribution in [0.1, 0.15) is 38.0 Å². The molecule has 0 unspecified atom stereocenters. The van der Waals surface area contributed by atoms with Gasteiger partial charge in [-0.3, -0.25) is 0 Å². The van der Waals surface area contributed by atoms with Crippen molar-refractivity contribution in [1.82, 2.24) is 0 Å². The predicted octanol–water partition coefficient (Wildman–Crippen LogP) is 2.96.